The molecule has 0 saturated heterocycles. The van der Waals surface area contributed by atoms with Crippen LogP contribution in [0.5, 0.6) is 6.01 Å². The number of anilines is 1. The Labute approximate surface area is 118 Å². The number of nitrogens with zero attached hydrogens (tertiary/aromatic N) is 5. The Hall–Kier alpha value is -2.48. The van der Waals surface area contributed by atoms with Crippen LogP contribution in [0.2, 0.25) is 5.28 Å². The average molecular weight is 292 g/mol. The maximum atomic E-state index is 5.88. The standard InChI is InChI=1S/C11H10ClN7O/c1-20-11-16-7-8(17-10(12)18-9(7)19-11)15-5-6-4-13-2-3-14-6/h2-4H,5H2,1H3,(H2,15,16,17,18,19). The van der Waals surface area contributed by atoms with Crippen molar-refractivity contribution in [1.82, 2.24) is 29.9 Å². The van der Waals surface area contributed by atoms with Gasteiger partial charge in [0.05, 0.1) is 25.5 Å². The van der Waals surface area contributed by atoms with Crippen LogP contribution in [-0.2, 0) is 6.54 Å². The summed E-state index contributed by atoms with van der Waals surface area (Å²) < 4.78 is 5.03. The lowest BCUT2D eigenvalue weighted by Crippen LogP contribution is -2.05. The van der Waals surface area contributed by atoms with E-state index in [0.717, 1.165) is 5.69 Å². The van der Waals surface area contributed by atoms with Crippen LogP contribution in [0.3, 0.4) is 0 Å². The van der Waals surface area contributed by atoms with E-state index >= 15 is 0 Å². The first-order valence-corrected chi connectivity index (χ1v) is 6.10. The monoisotopic (exact) mass is 291 g/mol. The summed E-state index contributed by atoms with van der Waals surface area (Å²) in [5.74, 6) is 0.505. The third kappa shape index (κ3) is 2.45. The number of fused-ring (bicyclic) bond motifs is 1. The maximum Gasteiger partial charge on any atom is 0.295 e. The van der Waals surface area contributed by atoms with Gasteiger partial charge in [-0.05, 0) is 11.6 Å². The van der Waals surface area contributed by atoms with Crippen molar-refractivity contribution in [1.29, 1.82) is 0 Å². The Bertz CT molecular complexity index is 730. The number of hydrogen-bond acceptors (Lipinski definition) is 7. The second-order valence-electron chi connectivity index (χ2n) is 3.83. The van der Waals surface area contributed by atoms with Crippen LogP contribution in [0, 0.1) is 0 Å². The number of nitrogens with one attached hydrogen (secondary N) is 2. The minimum absolute atomic E-state index is 0.116. The van der Waals surface area contributed by atoms with E-state index in [4.69, 9.17) is 16.3 Å². The topological polar surface area (TPSA) is 102 Å². The van der Waals surface area contributed by atoms with Crippen LogP contribution in [0.1, 0.15) is 5.69 Å². The maximum absolute atomic E-state index is 5.88. The van der Waals surface area contributed by atoms with Gasteiger partial charge in [-0.1, -0.05) is 0 Å². The molecule has 0 radical (unpaired) electrons. The van der Waals surface area contributed by atoms with Crippen molar-refractivity contribution < 1.29 is 4.74 Å². The molecule has 0 aliphatic rings. The number of H-pyrrole nitrogens is 1. The molecule has 0 bridgehead atoms. The Morgan fingerprint density at radius 2 is 2.20 bits per heavy atom. The Morgan fingerprint density at radius 3 is 2.95 bits per heavy atom. The molecule has 2 N–H and O–H groups in total. The van der Waals surface area contributed by atoms with Gasteiger partial charge in [0.1, 0.15) is 0 Å². The lowest BCUT2D eigenvalue weighted by molar-refractivity contribution is 0.386. The van der Waals surface area contributed by atoms with E-state index in [9.17, 15) is 0 Å². The van der Waals surface area contributed by atoms with Gasteiger partial charge in [0.2, 0.25) is 5.28 Å². The molecule has 0 spiro atoms. The highest BCUT2D eigenvalue weighted by atomic mass is 35.5. The smallest absolute Gasteiger partial charge is 0.295 e. The summed E-state index contributed by atoms with van der Waals surface area (Å²) in [7, 11) is 1.51. The van der Waals surface area contributed by atoms with Gasteiger partial charge < -0.3 is 10.1 Å². The molecule has 3 heterocycles. The van der Waals surface area contributed by atoms with Crippen molar-refractivity contribution in [2.24, 2.45) is 0 Å². The normalized spacial score (nSPS) is 10.7. The molecule has 102 valence electrons. The van der Waals surface area contributed by atoms with Crippen LogP contribution in [0.15, 0.2) is 18.6 Å². The van der Waals surface area contributed by atoms with Crippen molar-refractivity contribution in [3.63, 3.8) is 0 Å². The molecule has 0 atom stereocenters. The lowest BCUT2D eigenvalue weighted by atomic mass is 10.4. The fraction of sp³-hybridized carbons (Fsp3) is 0.182. The molecule has 0 fully saturated rings. The molecular formula is C11H10ClN7O. The van der Waals surface area contributed by atoms with E-state index in [0.29, 0.717) is 29.5 Å². The molecule has 8 nitrogen and oxygen atoms in total. The van der Waals surface area contributed by atoms with E-state index in [1.165, 1.54) is 7.11 Å². The number of aromatic nitrogens is 6. The highest BCUT2D eigenvalue weighted by molar-refractivity contribution is 6.28. The molecule has 3 aromatic heterocycles. The van der Waals surface area contributed by atoms with E-state index in [1.54, 1.807) is 18.6 Å². The second-order valence-corrected chi connectivity index (χ2v) is 4.17. The first-order chi connectivity index (χ1) is 9.76. The van der Waals surface area contributed by atoms with Crippen LogP contribution < -0.4 is 10.1 Å². The van der Waals surface area contributed by atoms with Gasteiger partial charge in [-0.3, -0.25) is 15.0 Å². The van der Waals surface area contributed by atoms with E-state index in [2.05, 4.69) is 35.2 Å². The van der Waals surface area contributed by atoms with Crippen LogP contribution in [0.4, 0.5) is 5.82 Å². The van der Waals surface area contributed by atoms with E-state index in [-0.39, 0.29) is 5.28 Å². The summed E-state index contributed by atoms with van der Waals surface area (Å²) in [6, 6.07) is 0.346. The van der Waals surface area contributed by atoms with Crippen LogP contribution in [0.25, 0.3) is 11.2 Å². The van der Waals surface area contributed by atoms with Crippen molar-refractivity contribution in [3.05, 3.63) is 29.6 Å². The summed E-state index contributed by atoms with van der Waals surface area (Å²) in [5.41, 5.74) is 1.83. The highest BCUT2D eigenvalue weighted by Gasteiger charge is 2.12. The number of hydrogen-bond donors (Lipinski definition) is 2. The Kier molecular flexibility index (Phi) is 3.30. The number of imidazole rings is 1. The zero-order valence-corrected chi connectivity index (χ0v) is 11.2. The molecule has 0 aliphatic carbocycles. The summed E-state index contributed by atoms with van der Waals surface area (Å²) in [6.07, 6.45) is 4.90. The Morgan fingerprint density at radius 1 is 1.30 bits per heavy atom. The highest BCUT2D eigenvalue weighted by Crippen LogP contribution is 2.22. The van der Waals surface area contributed by atoms with Crippen LogP contribution in [-0.4, -0.2) is 37.0 Å². The quantitative estimate of drug-likeness (QED) is 0.701. The van der Waals surface area contributed by atoms with Crippen molar-refractivity contribution >= 4 is 28.6 Å². The zero-order valence-electron chi connectivity index (χ0n) is 10.5. The van der Waals surface area contributed by atoms with Gasteiger partial charge in [0.25, 0.3) is 6.01 Å². The van der Waals surface area contributed by atoms with Gasteiger partial charge in [-0.25, -0.2) is 0 Å². The number of rotatable bonds is 4. The number of halogens is 1. The average Bonchev–Trinajstić information content (AvgIpc) is 2.88. The third-order valence-electron chi connectivity index (χ3n) is 2.54. The van der Waals surface area contributed by atoms with Crippen LogP contribution >= 0.6 is 11.6 Å². The van der Waals surface area contributed by atoms with Crippen molar-refractivity contribution in [3.8, 4) is 6.01 Å². The predicted molar refractivity (Wildman–Crippen MR) is 72.6 cm³/mol. The van der Waals surface area contributed by atoms with Gasteiger partial charge in [0, 0.05) is 12.4 Å². The summed E-state index contributed by atoms with van der Waals surface area (Å²) >= 11 is 5.88. The first kappa shape index (κ1) is 12.5. The lowest BCUT2D eigenvalue weighted by Gasteiger charge is -2.05. The molecule has 0 saturated carbocycles. The zero-order chi connectivity index (χ0) is 13.9. The number of methoxy groups -OCH3 is 1. The molecule has 0 aromatic carbocycles. The largest absolute Gasteiger partial charge is 0.468 e. The summed E-state index contributed by atoms with van der Waals surface area (Å²) in [4.78, 5) is 23.4. The molecule has 0 aliphatic heterocycles. The molecule has 3 aromatic rings. The second kappa shape index (κ2) is 5.25. The molecule has 0 amide bonds. The fourth-order valence-corrected chi connectivity index (χ4v) is 1.84. The molecule has 0 unspecified atom stereocenters. The number of ether oxygens (including phenoxy) is 1. The molecule has 3 rings (SSSR count). The van der Waals surface area contributed by atoms with Crippen molar-refractivity contribution in [2.45, 2.75) is 6.54 Å². The van der Waals surface area contributed by atoms with Gasteiger partial charge >= 0.3 is 0 Å². The van der Waals surface area contributed by atoms with Crippen molar-refractivity contribution in [2.75, 3.05) is 12.4 Å². The number of aromatic amines is 1. The Balaban J connectivity index is 1.92. The van der Waals surface area contributed by atoms with E-state index < -0.39 is 0 Å². The van der Waals surface area contributed by atoms with Gasteiger partial charge in [-0.2, -0.15) is 15.0 Å². The van der Waals surface area contributed by atoms with E-state index in [1.807, 2.05) is 0 Å². The molecular weight excluding hydrogens is 282 g/mol. The fourth-order valence-electron chi connectivity index (χ4n) is 1.67. The predicted octanol–water partition coefficient (Wildman–Crippen LogP) is 1.42. The molecule has 20 heavy (non-hydrogen) atoms. The minimum Gasteiger partial charge on any atom is -0.468 e. The SMILES string of the molecule is COc1nc2c(NCc3cnccn3)nc(Cl)nc2[nH]1. The summed E-state index contributed by atoms with van der Waals surface area (Å²) in [5, 5.41) is 3.22. The summed E-state index contributed by atoms with van der Waals surface area (Å²) in [6.45, 7) is 0.450. The third-order valence-corrected chi connectivity index (χ3v) is 2.71. The van der Waals surface area contributed by atoms with Gasteiger partial charge in [0.15, 0.2) is 17.0 Å². The minimum atomic E-state index is 0.116. The first-order valence-electron chi connectivity index (χ1n) is 5.72. The van der Waals surface area contributed by atoms with Gasteiger partial charge in [-0.15, -0.1) is 0 Å². The molecule has 9 heteroatoms.